The molecule has 25 heavy (non-hydrogen) atoms. The van der Waals surface area contributed by atoms with Crippen molar-refractivity contribution in [1.82, 2.24) is 10.2 Å². The average molecular weight is 361 g/mol. The monoisotopic (exact) mass is 361 g/mol. The van der Waals surface area contributed by atoms with Crippen LogP contribution in [0, 0.1) is 5.82 Å². The fraction of sp³-hybridized carbons (Fsp3) is 0.588. The molecule has 140 valence electrons. The number of alkyl halides is 3. The van der Waals surface area contributed by atoms with Crippen molar-refractivity contribution in [1.29, 1.82) is 0 Å². The first-order valence-electron chi connectivity index (χ1n) is 8.37. The Morgan fingerprint density at radius 1 is 1.32 bits per heavy atom. The lowest BCUT2D eigenvalue weighted by molar-refractivity contribution is -0.137. The van der Waals surface area contributed by atoms with Gasteiger partial charge in [-0.1, -0.05) is 6.42 Å². The van der Waals surface area contributed by atoms with Crippen LogP contribution in [-0.2, 0) is 17.5 Å². The van der Waals surface area contributed by atoms with Crippen LogP contribution >= 0.6 is 0 Å². The van der Waals surface area contributed by atoms with Crippen LogP contribution in [0.25, 0.3) is 0 Å². The number of hydrogen-bond donors (Lipinski definition) is 2. The highest BCUT2D eigenvalue weighted by molar-refractivity contribution is 5.76. The Hall–Kier alpha value is -1.67. The predicted octanol–water partition coefficient (Wildman–Crippen LogP) is 2.66. The normalized spacial score (nSPS) is 19.0. The molecule has 1 aromatic carbocycles. The number of carbonyl (C=O) groups is 1. The van der Waals surface area contributed by atoms with Gasteiger partial charge in [0.2, 0.25) is 5.91 Å². The minimum absolute atomic E-state index is 0.0232. The molecular formula is C17H23F4N3O. The maximum atomic E-state index is 14.0. The Morgan fingerprint density at radius 3 is 2.76 bits per heavy atom. The summed E-state index contributed by atoms with van der Waals surface area (Å²) < 4.78 is 52.5. The topological polar surface area (TPSA) is 58.4 Å². The van der Waals surface area contributed by atoms with Gasteiger partial charge < -0.3 is 11.1 Å². The van der Waals surface area contributed by atoms with Gasteiger partial charge in [0.15, 0.2) is 0 Å². The maximum absolute atomic E-state index is 14.0. The zero-order valence-electron chi connectivity index (χ0n) is 13.9. The summed E-state index contributed by atoms with van der Waals surface area (Å²) in [5.41, 5.74) is 4.50. The molecule has 1 saturated heterocycles. The van der Waals surface area contributed by atoms with Crippen LogP contribution in [0.1, 0.15) is 36.8 Å². The number of amides is 1. The molecule has 0 aliphatic carbocycles. The smallest absolute Gasteiger partial charge is 0.354 e. The van der Waals surface area contributed by atoms with Crippen molar-refractivity contribution in [2.75, 3.05) is 19.6 Å². The Morgan fingerprint density at radius 2 is 2.08 bits per heavy atom. The van der Waals surface area contributed by atoms with Crippen LogP contribution < -0.4 is 11.1 Å². The van der Waals surface area contributed by atoms with Crippen LogP contribution in [0.15, 0.2) is 18.2 Å². The van der Waals surface area contributed by atoms with E-state index in [9.17, 15) is 22.4 Å². The van der Waals surface area contributed by atoms with Crippen LogP contribution in [0.2, 0.25) is 0 Å². The molecule has 0 aromatic heterocycles. The summed E-state index contributed by atoms with van der Waals surface area (Å²) in [7, 11) is 0. The lowest BCUT2D eigenvalue weighted by atomic mass is 10.00. The van der Waals surface area contributed by atoms with Gasteiger partial charge in [0.05, 0.1) is 5.56 Å². The van der Waals surface area contributed by atoms with Gasteiger partial charge in [-0.2, -0.15) is 13.2 Å². The van der Waals surface area contributed by atoms with Crippen molar-refractivity contribution < 1.29 is 22.4 Å². The van der Waals surface area contributed by atoms with E-state index in [1.165, 1.54) is 0 Å². The first kappa shape index (κ1) is 19.7. The fourth-order valence-corrected chi connectivity index (χ4v) is 3.04. The molecule has 1 aromatic rings. The molecule has 1 fully saturated rings. The standard InChI is InChI=1S/C17H23F4N3O/c18-15-5-4-13(17(19,20)21)9-12(15)11-24-8-2-1-3-14(24)10-23-16(25)6-7-22/h4-5,9,14H,1-3,6-8,10-11,22H2,(H,23,25). The number of nitrogens with two attached hydrogens (primary N) is 1. The molecule has 1 amide bonds. The highest BCUT2D eigenvalue weighted by atomic mass is 19.4. The first-order valence-corrected chi connectivity index (χ1v) is 8.37. The maximum Gasteiger partial charge on any atom is 0.416 e. The molecule has 8 heteroatoms. The Kier molecular flexibility index (Phi) is 6.78. The summed E-state index contributed by atoms with van der Waals surface area (Å²) in [6.45, 7) is 1.40. The minimum atomic E-state index is -4.50. The van der Waals surface area contributed by atoms with Gasteiger partial charge in [-0.05, 0) is 37.6 Å². The van der Waals surface area contributed by atoms with Crippen molar-refractivity contribution in [2.45, 2.75) is 44.4 Å². The molecule has 0 radical (unpaired) electrons. The second kappa shape index (κ2) is 8.62. The summed E-state index contributed by atoms with van der Waals surface area (Å²) in [6.07, 6.45) is -1.59. The lowest BCUT2D eigenvalue weighted by Crippen LogP contribution is -2.46. The van der Waals surface area contributed by atoms with E-state index in [-0.39, 0.29) is 37.0 Å². The molecule has 1 aliphatic heterocycles. The van der Waals surface area contributed by atoms with Gasteiger partial charge in [-0.25, -0.2) is 4.39 Å². The number of hydrogen-bond acceptors (Lipinski definition) is 3. The highest BCUT2D eigenvalue weighted by Gasteiger charge is 2.32. The Labute approximate surface area is 144 Å². The zero-order valence-corrected chi connectivity index (χ0v) is 13.9. The molecule has 1 heterocycles. The van der Waals surface area contributed by atoms with Crippen molar-refractivity contribution in [2.24, 2.45) is 5.73 Å². The number of piperidine rings is 1. The van der Waals surface area contributed by atoms with E-state index in [1.54, 1.807) is 0 Å². The van der Waals surface area contributed by atoms with Crippen LogP contribution in [0.4, 0.5) is 17.6 Å². The third-order valence-electron chi connectivity index (χ3n) is 4.40. The van der Waals surface area contributed by atoms with Gasteiger partial charge in [0.25, 0.3) is 0 Å². The minimum Gasteiger partial charge on any atom is -0.354 e. The van der Waals surface area contributed by atoms with E-state index >= 15 is 0 Å². The van der Waals surface area contributed by atoms with Gasteiger partial charge in [0, 0.05) is 37.7 Å². The molecule has 0 bridgehead atoms. The molecule has 1 unspecified atom stereocenters. The molecule has 4 nitrogen and oxygen atoms in total. The second-order valence-corrected chi connectivity index (χ2v) is 6.27. The van der Waals surface area contributed by atoms with E-state index in [4.69, 9.17) is 5.73 Å². The first-order chi connectivity index (χ1) is 11.8. The van der Waals surface area contributed by atoms with E-state index in [0.717, 1.165) is 37.5 Å². The average Bonchev–Trinajstić information content (AvgIpc) is 2.55. The highest BCUT2D eigenvalue weighted by Crippen LogP contribution is 2.31. The molecule has 3 N–H and O–H groups in total. The van der Waals surface area contributed by atoms with Crippen LogP contribution in [0.3, 0.4) is 0 Å². The van der Waals surface area contributed by atoms with E-state index in [0.29, 0.717) is 13.1 Å². The number of carbonyl (C=O) groups excluding carboxylic acids is 1. The van der Waals surface area contributed by atoms with Crippen molar-refractivity contribution >= 4 is 5.91 Å². The molecule has 0 spiro atoms. The number of nitrogens with one attached hydrogen (secondary N) is 1. The van der Waals surface area contributed by atoms with Crippen molar-refractivity contribution in [3.05, 3.63) is 35.1 Å². The second-order valence-electron chi connectivity index (χ2n) is 6.27. The molecule has 1 aliphatic rings. The van der Waals surface area contributed by atoms with E-state index in [1.807, 2.05) is 4.90 Å². The zero-order chi connectivity index (χ0) is 18.4. The van der Waals surface area contributed by atoms with Crippen molar-refractivity contribution in [3.63, 3.8) is 0 Å². The lowest BCUT2D eigenvalue weighted by Gasteiger charge is -2.36. The summed E-state index contributed by atoms with van der Waals surface area (Å²) in [4.78, 5) is 13.5. The number of benzene rings is 1. The molecular weight excluding hydrogens is 338 g/mol. The number of nitrogens with zero attached hydrogens (tertiary/aromatic N) is 1. The van der Waals surface area contributed by atoms with E-state index in [2.05, 4.69) is 5.32 Å². The third-order valence-corrected chi connectivity index (χ3v) is 4.40. The quantitative estimate of drug-likeness (QED) is 0.766. The van der Waals surface area contributed by atoms with Gasteiger partial charge in [0.1, 0.15) is 5.82 Å². The third kappa shape index (κ3) is 5.67. The van der Waals surface area contributed by atoms with Crippen LogP contribution in [-0.4, -0.2) is 36.5 Å². The molecule has 1 atom stereocenters. The largest absolute Gasteiger partial charge is 0.416 e. The van der Waals surface area contributed by atoms with E-state index < -0.39 is 17.6 Å². The summed E-state index contributed by atoms with van der Waals surface area (Å²) >= 11 is 0. The van der Waals surface area contributed by atoms with Gasteiger partial charge in [-0.3, -0.25) is 9.69 Å². The molecule has 2 rings (SSSR count). The number of halogens is 4. The Bertz CT molecular complexity index is 592. The van der Waals surface area contributed by atoms with Gasteiger partial charge in [-0.15, -0.1) is 0 Å². The predicted molar refractivity (Wildman–Crippen MR) is 86.1 cm³/mol. The molecule has 0 saturated carbocycles. The van der Waals surface area contributed by atoms with Crippen LogP contribution in [0.5, 0.6) is 0 Å². The summed E-state index contributed by atoms with van der Waals surface area (Å²) in [5.74, 6) is -0.803. The SMILES string of the molecule is NCCC(=O)NCC1CCCCN1Cc1cc(C(F)(F)F)ccc1F. The van der Waals surface area contributed by atoms with Crippen molar-refractivity contribution in [3.8, 4) is 0 Å². The number of rotatable bonds is 6. The Balaban J connectivity index is 2.07. The van der Waals surface area contributed by atoms with Gasteiger partial charge >= 0.3 is 6.18 Å². The number of likely N-dealkylation sites (tertiary alicyclic amines) is 1. The summed E-state index contributed by atoms with van der Waals surface area (Å²) in [5, 5.41) is 2.78. The fourth-order valence-electron chi connectivity index (χ4n) is 3.04. The summed E-state index contributed by atoms with van der Waals surface area (Å²) in [6, 6.07) is 2.46.